The van der Waals surface area contributed by atoms with Crippen molar-refractivity contribution in [2.45, 2.75) is 13.0 Å². The zero-order valence-electron chi connectivity index (χ0n) is 9.54. The van der Waals surface area contributed by atoms with Crippen LogP contribution in [0.5, 0.6) is 0 Å². The highest BCUT2D eigenvalue weighted by Gasteiger charge is 2.05. The fourth-order valence-corrected chi connectivity index (χ4v) is 1.22. The molecule has 17 heavy (non-hydrogen) atoms. The van der Waals surface area contributed by atoms with Gasteiger partial charge in [-0.25, -0.2) is 0 Å². The zero-order valence-corrected chi connectivity index (χ0v) is 9.54. The number of nitrogens with zero attached hydrogens (tertiary/aromatic N) is 1. The van der Waals surface area contributed by atoms with Crippen LogP contribution in [0.15, 0.2) is 43.1 Å². The van der Waals surface area contributed by atoms with Crippen LogP contribution >= 0.6 is 0 Å². The van der Waals surface area contributed by atoms with Crippen molar-refractivity contribution in [2.24, 2.45) is 0 Å². The van der Waals surface area contributed by atoms with Crippen LogP contribution in [0.3, 0.4) is 0 Å². The minimum absolute atomic E-state index is 0.164. The van der Waals surface area contributed by atoms with Gasteiger partial charge in [-0.05, 0) is 11.8 Å². The van der Waals surface area contributed by atoms with Crippen LogP contribution in [0.2, 0.25) is 0 Å². The Morgan fingerprint density at radius 1 is 1.35 bits per heavy atom. The van der Waals surface area contributed by atoms with E-state index in [2.05, 4.69) is 6.58 Å². The average Bonchev–Trinajstić information content (AvgIpc) is 2.39. The lowest BCUT2D eigenvalue weighted by Crippen LogP contribution is -2.19. The van der Waals surface area contributed by atoms with Crippen LogP contribution < -0.4 is 0 Å². The highest BCUT2D eigenvalue weighted by atomic mass is 16.5. The van der Waals surface area contributed by atoms with Crippen LogP contribution in [-0.2, 0) is 20.9 Å². The van der Waals surface area contributed by atoms with Crippen molar-refractivity contribution in [3.63, 3.8) is 0 Å². The van der Waals surface area contributed by atoms with Gasteiger partial charge in [0.25, 0.3) is 0 Å². The number of benzene rings is 1. The zero-order chi connectivity index (χ0) is 12.5. The van der Waals surface area contributed by atoms with Crippen molar-refractivity contribution < 1.29 is 14.3 Å². The van der Waals surface area contributed by atoms with Crippen molar-refractivity contribution in [3.8, 4) is 0 Å². The van der Waals surface area contributed by atoms with Crippen LogP contribution in [0.1, 0.15) is 12.0 Å². The molecule has 4 nitrogen and oxygen atoms in total. The first-order valence-corrected chi connectivity index (χ1v) is 5.29. The van der Waals surface area contributed by atoms with Gasteiger partial charge >= 0.3 is 5.97 Å². The summed E-state index contributed by atoms with van der Waals surface area (Å²) < 4.78 is 5.05. The molecule has 0 radical (unpaired) electrons. The normalized spacial score (nSPS) is 9.41. The van der Waals surface area contributed by atoms with Gasteiger partial charge in [-0.2, -0.15) is 0 Å². The van der Waals surface area contributed by atoms with Gasteiger partial charge in [-0.1, -0.05) is 36.9 Å². The molecule has 0 aliphatic rings. The Labute approximate surface area is 100 Å². The number of ether oxygens (including phenoxy) is 1. The van der Waals surface area contributed by atoms with E-state index in [9.17, 15) is 9.59 Å². The summed E-state index contributed by atoms with van der Waals surface area (Å²) in [4.78, 5) is 23.1. The van der Waals surface area contributed by atoms with Gasteiger partial charge in [0.2, 0.25) is 6.41 Å². The Morgan fingerprint density at radius 3 is 2.65 bits per heavy atom. The fraction of sp³-hybridized carbons (Fsp3) is 0.231. The minimum atomic E-state index is -0.331. The maximum atomic E-state index is 11.4. The Bertz CT molecular complexity index is 368. The molecule has 0 aromatic heterocycles. The number of hydrogen-bond donors (Lipinski definition) is 0. The molecule has 0 N–H and O–H groups in total. The molecule has 0 fully saturated rings. The first-order valence-electron chi connectivity index (χ1n) is 5.29. The van der Waals surface area contributed by atoms with Crippen molar-refractivity contribution in [3.05, 3.63) is 48.7 Å². The Morgan fingerprint density at radius 2 is 2.06 bits per heavy atom. The Hall–Kier alpha value is -2.10. The molecule has 0 atom stereocenters. The number of amides is 1. The maximum Gasteiger partial charge on any atom is 0.307 e. The van der Waals surface area contributed by atoms with Crippen molar-refractivity contribution in [1.82, 2.24) is 4.90 Å². The van der Waals surface area contributed by atoms with E-state index >= 15 is 0 Å². The third-order valence-corrected chi connectivity index (χ3v) is 2.19. The van der Waals surface area contributed by atoms with Gasteiger partial charge in [0.1, 0.15) is 6.61 Å². The largest absolute Gasteiger partial charge is 0.461 e. The third-order valence-electron chi connectivity index (χ3n) is 2.19. The molecule has 0 aliphatic heterocycles. The van der Waals surface area contributed by atoms with Crippen LogP contribution in [0.4, 0.5) is 0 Å². The Kier molecular flexibility index (Phi) is 5.51. The molecule has 0 unspecified atom stereocenters. The number of esters is 1. The highest BCUT2D eigenvalue weighted by Crippen LogP contribution is 2.02. The average molecular weight is 233 g/mol. The number of carbonyl (C=O) groups is 2. The van der Waals surface area contributed by atoms with Gasteiger partial charge < -0.3 is 9.64 Å². The molecular weight excluding hydrogens is 218 g/mol. The summed E-state index contributed by atoms with van der Waals surface area (Å²) in [6, 6.07) is 9.44. The number of carbonyl (C=O) groups excluding carboxylic acids is 2. The maximum absolute atomic E-state index is 11.4. The molecule has 0 bridgehead atoms. The van der Waals surface area contributed by atoms with Gasteiger partial charge in [0.15, 0.2) is 0 Å². The lowest BCUT2D eigenvalue weighted by atomic mass is 10.2. The van der Waals surface area contributed by atoms with Gasteiger partial charge in [-0.15, -0.1) is 0 Å². The van der Waals surface area contributed by atoms with Crippen molar-refractivity contribution in [1.29, 1.82) is 0 Å². The highest BCUT2D eigenvalue weighted by molar-refractivity contribution is 5.70. The van der Waals surface area contributed by atoms with Gasteiger partial charge in [0.05, 0.1) is 6.42 Å². The fourth-order valence-electron chi connectivity index (χ4n) is 1.22. The summed E-state index contributed by atoms with van der Waals surface area (Å²) in [6.07, 6.45) is 2.16. The van der Waals surface area contributed by atoms with Gasteiger partial charge in [0, 0.05) is 6.54 Å². The van der Waals surface area contributed by atoms with E-state index < -0.39 is 0 Å². The first kappa shape index (κ1) is 13.0. The summed E-state index contributed by atoms with van der Waals surface area (Å²) >= 11 is 0. The van der Waals surface area contributed by atoms with Crippen LogP contribution in [0, 0.1) is 0 Å². The third kappa shape index (κ3) is 4.97. The summed E-state index contributed by atoms with van der Waals surface area (Å²) in [5, 5.41) is 0. The lowest BCUT2D eigenvalue weighted by Gasteiger charge is -2.10. The summed E-state index contributed by atoms with van der Waals surface area (Å²) in [5.41, 5.74) is 0.941. The SMILES string of the molecule is C=CN(C=O)CCC(=O)OCc1ccccc1. The summed E-state index contributed by atoms with van der Waals surface area (Å²) in [7, 11) is 0. The predicted molar refractivity (Wildman–Crippen MR) is 63.8 cm³/mol. The molecule has 1 rings (SSSR count). The van der Waals surface area contributed by atoms with Crippen molar-refractivity contribution in [2.75, 3.05) is 6.54 Å². The summed E-state index contributed by atoms with van der Waals surface area (Å²) in [5.74, 6) is -0.331. The minimum Gasteiger partial charge on any atom is -0.461 e. The van der Waals surface area contributed by atoms with E-state index in [4.69, 9.17) is 4.74 Å². The number of rotatable bonds is 7. The van der Waals surface area contributed by atoms with E-state index in [1.165, 1.54) is 11.1 Å². The molecule has 0 saturated carbocycles. The standard InChI is InChI=1S/C13H15NO3/c1-2-14(11-15)9-8-13(16)17-10-12-6-4-3-5-7-12/h2-7,11H,1,8-10H2. The molecular formula is C13H15NO3. The van der Waals surface area contributed by atoms with E-state index in [0.29, 0.717) is 13.0 Å². The quantitative estimate of drug-likeness (QED) is 0.532. The second-order valence-electron chi connectivity index (χ2n) is 3.42. The van der Waals surface area contributed by atoms with E-state index in [0.717, 1.165) is 5.56 Å². The predicted octanol–water partition coefficient (Wildman–Crippen LogP) is 1.72. The molecule has 90 valence electrons. The number of hydrogen-bond acceptors (Lipinski definition) is 3. The molecule has 1 aromatic rings. The monoisotopic (exact) mass is 233 g/mol. The van der Waals surface area contributed by atoms with Crippen LogP contribution in [0.25, 0.3) is 0 Å². The molecule has 1 aromatic carbocycles. The Balaban J connectivity index is 2.26. The smallest absolute Gasteiger partial charge is 0.307 e. The summed E-state index contributed by atoms with van der Waals surface area (Å²) in [6.45, 7) is 4.00. The topological polar surface area (TPSA) is 46.6 Å². The van der Waals surface area contributed by atoms with Gasteiger partial charge in [-0.3, -0.25) is 9.59 Å². The van der Waals surface area contributed by atoms with E-state index in [-0.39, 0.29) is 19.0 Å². The molecule has 4 heteroatoms. The molecule has 0 heterocycles. The van der Waals surface area contributed by atoms with E-state index in [1.54, 1.807) is 0 Å². The second-order valence-corrected chi connectivity index (χ2v) is 3.42. The molecule has 0 saturated heterocycles. The second kappa shape index (κ2) is 7.22. The first-order chi connectivity index (χ1) is 8.26. The lowest BCUT2D eigenvalue weighted by molar-refractivity contribution is -0.145. The van der Waals surface area contributed by atoms with Crippen LogP contribution in [-0.4, -0.2) is 23.8 Å². The molecule has 1 amide bonds. The molecule has 0 aliphatic carbocycles. The molecule has 0 spiro atoms. The van der Waals surface area contributed by atoms with E-state index in [1.807, 2.05) is 30.3 Å². The van der Waals surface area contributed by atoms with Crippen molar-refractivity contribution >= 4 is 12.4 Å².